The van der Waals surface area contributed by atoms with E-state index in [1.165, 1.54) is 17.7 Å². The first kappa shape index (κ1) is 14.5. The van der Waals surface area contributed by atoms with Crippen LogP contribution >= 0.6 is 0 Å². The number of nitrogens with two attached hydrogens (primary N) is 1. The molecular formula is C17H20FNO. The highest BCUT2D eigenvalue weighted by Crippen LogP contribution is 2.14. The topological polar surface area (TPSA) is 35.2 Å². The summed E-state index contributed by atoms with van der Waals surface area (Å²) in [6.07, 6.45) is 2.62. The van der Waals surface area contributed by atoms with Crippen LogP contribution in [0.5, 0.6) is 5.75 Å². The number of ether oxygens (including phenoxy) is 1. The maximum absolute atomic E-state index is 12.8. The van der Waals surface area contributed by atoms with Gasteiger partial charge in [0.25, 0.3) is 0 Å². The van der Waals surface area contributed by atoms with Crippen molar-refractivity contribution < 1.29 is 9.13 Å². The molecule has 2 aromatic rings. The summed E-state index contributed by atoms with van der Waals surface area (Å²) in [5, 5.41) is 0. The Balaban J connectivity index is 1.82. The van der Waals surface area contributed by atoms with E-state index in [1.807, 2.05) is 12.1 Å². The molecule has 2 aromatic carbocycles. The molecule has 0 amide bonds. The Hall–Kier alpha value is -1.87. The molecule has 0 aliphatic carbocycles. The second-order valence-corrected chi connectivity index (χ2v) is 4.98. The van der Waals surface area contributed by atoms with Gasteiger partial charge in [0.2, 0.25) is 0 Å². The van der Waals surface area contributed by atoms with Gasteiger partial charge in [-0.3, -0.25) is 0 Å². The second kappa shape index (κ2) is 7.06. The van der Waals surface area contributed by atoms with Gasteiger partial charge in [-0.1, -0.05) is 24.3 Å². The molecule has 0 aliphatic heterocycles. The van der Waals surface area contributed by atoms with Crippen molar-refractivity contribution >= 4 is 0 Å². The Labute approximate surface area is 119 Å². The second-order valence-electron chi connectivity index (χ2n) is 4.98. The van der Waals surface area contributed by atoms with Crippen LogP contribution in [-0.2, 0) is 12.8 Å². The third kappa shape index (κ3) is 4.35. The lowest BCUT2D eigenvalue weighted by molar-refractivity contribution is 0.414. The number of benzene rings is 2. The Kier molecular flexibility index (Phi) is 5.13. The average Bonchev–Trinajstić information content (AvgIpc) is 2.48. The molecule has 0 spiro atoms. The molecule has 106 valence electrons. The van der Waals surface area contributed by atoms with Crippen LogP contribution in [0.3, 0.4) is 0 Å². The van der Waals surface area contributed by atoms with Crippen molar-refractivity contribution in [2.24, 2.45) is 5.73 Å². The number of hydrogen-bond acceptors (Lipinski definition) is 2. The summed E-state index contributed by atoms with van der Waals surface area (Å²) >= 11 is 0. The molecule has 20 heavy (non-hydrogen) atoms. The fourth-order valence-corrected chi connectivity index (χ4v) is 2.17. The minimum absolute atomic E-state index is 0.0857. The zero-order valence-electron chi connectivity index (χ0n) is 11.7. The van der Waals surface area contributed by atoms with E-state index in [9.17, 15) is 4.39 Å². The predicted octanol–water partition coefficient (Wildman–Crippen LogP) is 3.34. The zero-order chi connectivity index (χ0) is 14.4. The lowest BCUT2D eigenvalue weighted by Crippen LogP contribution is -2.23. The molecule has 1 atom stereocenters. The van der Waals surface area contributed by atoms with Gasteiger partial charge in [0.15, 0.2) is 0 Å². The van der Waals surface area contributed by atoms with Crippen molar-refractivity contribution in [1.29, 1.82) is 0 Å². The molecule has 0 radical (unpaired) electrons. The van der Waals surface area contributed by atoms with Gasteiger partial charge in [-0.15, -0.1) is 0 Å². The number of hydrogen-bond donors (Lipinski definition) is 1. The van der Waals surface area contributed by atoms with Crippen LogP contribution in [0.25, 0.3) is 0 Å². The third-order valence-electron chi connectivity index (χ3n) is 3.37. The number of aryl methyl sites for hydroxylation is 1. The third-order valence-corrected chi connectivity index (χ3v) is 3.37. The van der Waals surface area contributed by atoms with Crippen LogP contribution in [-0.4, -0.2) is 13.2 Å². The Morgan fingerprint density at radius 1 is 1.00 bits per heavy atom. The molecular weight excluding hydrogens is 253 g/mol. The van der Waals surface area contributed by atoms with E-state index in [2.05, 4.69) is 12.1 Å². The van der Waals surface area contributed by atoms with Gasteiger partial charge >= 0.3 is 0 Å². The standard InChI is InChI=1S/C17H20FNO/c1-20-17-10-5-13(6-11-17)4-9-16(19)12-14-2-7-15(18)8-3-14/h2-3,5-8,10-11,16H,4,9,12,19H2,1H3. The highest BCUT2D eigenvalue weighted by atomic mass is 19.1. The SMILES string of the molecule is COc1ccc(CCC(N)Cc2ccc(F)cc2)cc1. The highest BCUT2D eigenvalue weighted by molar-refractivity contribution is 5.27. The largest absolute Gasteiger partial charge is 0.497 e. The Bertz CT molecular complexity index is 522. The fourth-order valence-electron chi connectivity index (χ4n) is 2.17. The maximum Gasteiger partial charge on any atom is 0.123 e. The van der Waals surface area contributed by atoms with E-state index >= 15 is 0 Å². The number of rotatable bonds is 6. The molecule has 0 fully saturated rings. The molecule has 1 unspecified atom stereocenters. The molecule has 2 N–H and O–H groups in total. The molecule has 0 aliphatic rings. The summed E-state index contributed by atoms with van der Waals surface area (Å²) in [4.78, 5) is 0. The van der Waals surface area contributed by atoms with Crippen LogP contribution in [0, 0.1) is 5.82 Å². The summed E-state index contributed by atoms with van der Waals surface area (Å²) in [6.45, 7) is 0. The minimum Gasteiger partial charge on any atom is -0.497 e. The van der Waals surface area contributed by atoms with Gasteiger partial charge in [0.05, 0.1) is 7.11 Å². The van der Waals surface area contributed by atoms with Crippen LogP contribution in [0.1, 0.15) is 17.5 Å². The summed E-state index contributed by atoms with van der Waals surface area (Å²) < 4.78 is 17.9. The average molecular weight is 273 g/mol. The van der Waals surface area contributed by atoms with Gasteiger partial charge in [-0.25, -0.2) is 4.39 Å². The van der Waals surface area contributed by atoms with E-state index in [0.29, 0.717) is 0 Å². The van der Waals surface area contributed by atoms with Crippen molar-refractivity contribution in [3.63, 3.8) is 0 Å². The monoisotopic (exact) mass is 273 g/mol. The quantitative estimate of drug-likeness (QED) is 0.876. The summed E-state index contributed by atoms with van der Waals surface area (Å²) in [6, 6.07) is 14.7. The first-order valence-corrected chi connectivity index (χ1v) is 6.80. The minimum atomic E-state index is -0.208. The van der Waals surface area contributed by atoms with E-state index in [0.717, 1.165) is 30.6 Å². The first-order chi connectivity index (χ1) is 9.67. The molecule has 2 nitrogen and oxygen atoms in total. The summed E-state index contributed by atoms with van der Waals surface area (Å²) in [5.41, 5.74) is 8.46. The smallest absolute Gasteiger partial charge is 0.123 e. The van der Waals surface area contributed by atoms with Crippen molar-refractivity contribution in [2.45, 2.75) is 25.3 Å². The summed E-state index contributed by atoms with van der Waals surface area (Å²) in [5.74, 6) is 0.657. The van der Waals surface area contributed by atoms with Crippen molar-refractivity contribution in [2.75, 3.05) is 7.11 Å². The molecule has 0 saturated heterocycles. The first-order valence-electron chi connectivity index (χ1n) is 6.80. The van der Waals surface area contributed by atoms with Gasteiger partial charge in [0, 0.05) is 6.04 Å². The Morgan fingerprint density at radius 3 is 2.20 bits per heavy atom. The van der Waals surface area contributed by atoms with Gasteiger partial charge in [-0.05, 0) is 54.7 Å². The zero-order valence-corrected chi connectivity index (χ0v) is 11.7. The van der Waals surface area contributed by atoms with Crippen LogP contribution < -0.4 is 10.5 Å². The fraction of sp³-hybridized carbons (Fsp3) is 0.294. The Morgan fingerprint density at radius 2 is 1.60 bits per heavy atom. The number of methoxy groups -OCH3 is 1. The van der Waals surface area contributed by atoms with Gasteiger partial charge < -0.3 is 10.5 Å². The van der Waals surface area contributed by atoms with Crippen LogP contribution in [0.4, 0.5) is 4.39 Å². The lowest BCUT2D eigenvalue weighted by atomic mass is 10.00. The van der Waals surface area contributed by atoms with E-state index in [4.69, 9.17) is 10.5 Å². The molecule has 0 aromatic heterocycles. The van der Waals surface area contributed by atoms with Crippen molar-refractivity contribution in [3.05, 3.63) is 65.5 Å². The van der Waals surface area contributed by atoms with Crippen molar-refractivity contribution in [1.82, 2.24) is 0 Å². The normalized spacial score (nSPS) is 12.2. The maximum atomic E-state index is 12.8. The molecule has 0 saturated carbocycles. The van der Waals surface area contributed by atoms with Gasteiger partial charge in [-0.2, -0.15) is 0 Å². The molecule has 2 rings (SSSR count). The predicted molar refractivity (Wildman–Crippen MR) is 79.4 cm³/mol. The van der Waals surface area contributed by atoms with E-state index in [-0.39, 0.29) is 11.9 Å². The van der Waals surface area contributed by atoms with Crippen LogP contribution in [0.2, 0.25) is 0 Å². The molecule has 3 heteroatoms. The summed E-state index contributed by atoms with van der Waals surface area (Å²) in [7, 11) is 1.66. The molecule has 0 heterocycles. The molecule has 0 bridgehead atoms. The van der Waals surface area contributed by atoms with Crippen molar-refractivity contribution in [3.8, 4) is 5.75 Å². The highest BCUT2D eigenvalue weighted by Gasteiger charge is 2.05. The van der Waals surface area contributed by atoms with E-state index < -0.39 is 0 Å². The van der Waals surface area contributed by atoms with Crippen LogP contribution in [0.15, 0.2) is 48.5 Å². The number of halogens is 1. The van der Waals surface area contributed by atoms with E-state index in [1.54, 1.807) is 19.2 Å². The lowest BCUT2D eigenvalue weighted by Gasteiger charge is -2.12. The van der Waals surface area contributed by atoms with Gasteiger partial charge in [0.1, 0.15) is 11.6 Å².